The van der Waals surface area contributed by atoms with Crippen LogP contribution in [0.2, 0.25) is 0 Å². The molecular weight excluding hydrogens is 340 g/mol. The molecule has 1 aliphatic heterocycles. The fraction of sp³-hybridized carbons (Fsp3) is 0.476. The number of nitrogens with one attached hydrogen (secondary N) is 1. The number of benzene rings is 1. The van der Waals surface area contributed by atoms with Crippen molar-refractivity contribution in [2.75, 3.05) is 38.7 Å². The molecule has 2 aromatic rings. The van der Waals surface area contributed by atoms with Crippen molar-refractivity contribution in [3.63, 3.8) is 0 Å². The van der Waals surface area contributed by atoms with Crippen LogP contribution in [0, 0.1) is 5.92 Å². The minimum absolute atomic E-state index is 0.0217. The first-order valence-electron chi connectivity index (χ1n) is 9.66. The predicted molar refractivity (Wildman–Crippen MR) is 106 cm³/mol. The Bertz CT molecular complexity index is 698. The predicted octanol–water partition coefficient (Wildman–Crippen LogP) is 3.02. The van der Waals surface area contributed by atoms with Gasteiger partial charge in [-0.15, -0.1) is 10.2 Å². The lowest BCUT2D eigenvalue weighted by atomic mass is 9.90. The van der Waals surface area contributed by atoms with Gasteiger partial charge in [0.15, 0.2) is 5.69 Å². The Balaban J connectivity index is 1.46. The SMILES string of the molecule is COCCCNc1ccc(C(=O)N2CCC(Cc3ccccc3)CC2)nn1. The summed E-state index contributed by atoms with van der Waals surface area (Å²) >= 11 is 0. The van der Waals surface area contributed by atoms with Crippen LogP contribution >= 0.6 is 0 Å². The Kier molecular flexibility index (Phi) is 7.16. The molecule has 0 radical (unpaired) electrons. The number of rotatable bonds is 8. The fourth-order valence-electron chi connectivity index (χ4n) is 3.42. The number of carbonyl (C=O) groups is 1. The van der Waals surface area contributed by atoms with Gasteiger partial charge in [0.05, 0.1) is 0 Å². The van der Waals surface area contributed by atoms with Gasteiger partial charge in [-0.05, 0) is 49.3 Å². The van der Waals surface area contributed by atoms with Crippen molar-refractivity contribution in [1.29, 1.82) is 0 Å². The summed E-state index contributed by atoms with van der Waals surface area (Å²) in [5.74, 6) is 1.30. The Morgan fingerprint density at radius 3 is 2.59 bits per heavy atom. The lowest BCUT2D eigenvalue weighted by Gasteiger charge is -2.31. The highest BCUT2D eigenvalue weighted by Gasteiger charge is 2.24. The lowest BCUT2D eigenvalue weighted by molar-refractivity contribution is 0.0683. The third-order valence-electron chi connectivity index (χ3n) is 4.98. The van der Waals surface area contributed by atoms with Gasteiger partial charge in [-0.3, -0.25) is 4.79 Å². The third kappa shape index (κ3) is 5.76. The molecule has 6 heteroatoms. The second-order valence-electron chi connectivity index (χ2n) is 7.00. The maximum absolute atomic E-state index is 12.7. The summed E-state index contributed by atoms with van der Waals surface area (Å²) in [5.41, 5.74) is 1.79. The van der Waals surface area contributed by atoms with Crippen LogP contribution in [0.4, 0.5) is 5.82 Å². The van der Waals surface area contributed by atoms with Crippen molar-refractivity contribution >= 4 is 11.7 Å². The van der Waals surface area contributed by atoms with Gasteiger partial charge in [0, 0.05) is 33.4 Å². The van der Waals surface area contributed by atoms with Gasteiger partial charge >= 0.3 is 0 Å². The number of ether oxygens (including phenoxy) is 1. The highest BCUT2D eigenvalue weighted by atomic mass is 16.5. The summed E-state index contributed by atoms with van der Waals surface area (Å²) < 4.78 is 5.01. The molecule has 1 aliphatic rings. The van der Waals surface area contributed by atoms with Crippen molar-refractivity contribution in [2.45, 2.75) is 25.7 Å². The van der Waals surface area contributed by atoms with Gasteiger partial charge in [-0.25, -0.2) is 0 Å². The Morgan fingerprint density at radius 2 is 1.93 bits per heavy atom. The van der Waals surface area contributed by atoms with E-state index in [1.54, 1.807) is 13.2 Å². The van der Waals surface area contributed by atoms with E-state index in [9.17, 15) is 4.79 Å². The molecule has 1 aromatic carbocycles. The van der Waals surface area contributed by atoms with Gasteiger partial charge in [0.2, 0.25) is 0 Å². The van der Waals surface area contributed by atoms with E-state index < -0.39 is 0 Å². The molecule has 0 spiro atoms. The molecule has 0 aliphatic carbocycles. The standard InChI is InChI=1S/C21H28N4O2/c1-27-15-5-12-22-20-9-8-19(23-24-20)21(26)25-13-10-18(11-14-25)16-17-6-3-2-4-7-17/h2-4,6-9,18H,5,10-16H2,1H3,(H,22,24). The summed E-state index contributed by atoms with van der Waals surface area (Å²) in [6.45, 7) is 3.05. The van der Waals surface area contributed by atoms with E-state index in [2.05, 4.69) is 39.8 Å². The molecule has 6 nitrogen and oxygen atoms in total. The van der Waals surface area contributed by atoms with Crippen LogP contribution < -0.4 is 5.32 Å². The number of aromatic nitrogens is 2. The van der Waals surface area contributed by atoms with E-state index in [0.29, 0.717) is 24.0 Å². The van der Waals surface area contributed by atoms with E-state index in [1.807, 2.05) is 17.0 Å². The molecule has 1 saturated heterocycles. The number of piperidine rings is 1. The third-order valence-corrected chi connectivity index (χ3v) is 4.98. The topological polar surface area (TPSA) is 67.3 Å². The van der Waals surface area contributed by atoms with Gasteiger partial charge in [-0.1, -0.05) is 30.3 Å². The number of hydrogen-bond acceptors (Lipinski definition) is 5. The van der Waals surface area contributed by atoms with Crippen molar-refractivity contribution in [1.82, 2.24) is 15.1 Å². The minimum atomic E-state index is -0.0217. The van der Waals surface area contributed by atoms with Gasteiger partial charge in [0.1, 0.15) is 5.82 Å². The van der Waals surface area contributed by atoms with Crippen molar-refractivity contribution in [3.05, 3.63) is 53.7 Å². The summed E-state index contributed by atoms with van der Waals surface area (Å²) in [5, 5.41) is 11.4. The Morgan fingerprint density at radius 1 is 1.15 bits per heavy atom. The Hall–Kier alpha value is -2.47. The molecule has 1 aromatic heterocycles. The highest BCUT2D eigenvalue weighted by Crippen LogP contribution is 2.22. The molecule has 1 N–H and O–H groups in total. The van der Waals surface area contributed by atoms with Crippen LogP contribution in [0.25, 0.3) is 0 Å². The normalized spacial score (nSPS) is 14.9. The zero-order valence-electron chi connectivity index (χ0n) is 15.9. The van der Waals surface area contributed by atoms with Gasteiger partial charge in [-0.2, -0.15) is 0 Å². The molecule has 1 amide bonds. The van der Waals surface area contributed by atoms with Crippen molar-refractivity contribution in [2.24, 2.45) is 5.92 Å². The van der Waals surface area contributed by atoms with Crippen molar-refractivity contribution in [3.8, 4) is 0 Å². The summed E-state index contributed by atoms with van der Waals surface area (Å²) in [7, 11) is 1.69. The molecule has 27 heavy (non-hydrogen) atoms. The Labute approximate surface area is 160 Å². The van der Waals surface area contributed by atoms with Crippen LogP contribution in [-0.2, 0) is 11.2 Å². The van der Waals surface area contributed by atoms with Crippen molar-refractivity contribution < 1.29 is 9.53 Å². The zero-order chi connectivity index (χ0) is 18.9. The van der Waals surface area contributed by atoms with E-state index in [-0.39, 0.29) is 5.91 Å². The number of hydrogen-bond donors (Lipinski definition) is 1. The van der Waals surface area contributed by atoms with E-state index in [0.717, 1.165) is 45.3 Å². The average molecular weight is 368 g/mol. The van der Waals surface area contributed by atoms with Gasteiger partial charge < -0.3 is 15.0 Å². The molecule has 0 atom stereocenters. The van der Waals surface area contributed by atoms with Crippen LogP contribution in [0.15, 0.2) is 42.5 Å². The summed E-state index contributed by atoms with van der Waals surface area (Å²) in [4.78, 5) is 14.6. The quantitative estimate of drug-likeness (QED) is 0.726. The molecular formula is C21H28N4O2. The number of methoxy groups -OCH3 is 1. The minimum Gasteiger partial charge on any atom is -0.385 e. The largest absolute Gasteiger partial charge is 0.385 e. The molecule has 0 saturated carbocycles. The summed E-state index contributed by atoms with van der Waals surface area (Å²) in [6.07, 6.45) is 4.06. The number of nitrogens with zero attached hydrogens (tertiary/aromatic N) is 3. The highest BCUT2D eigenvalue weighted by molar-refractivity contribution is 5.92. The maximum Gasteiger partial charge on any atom is 0.274 e. The number of anilines is 1. The van der Waals surface area contributed by atoms with Crippen LogP contribution in [0.3, 0.4) is 0 Å². The van der Waals surface area contributed by atoms with Crippen LogP contribution in [0.1, 0.15) is 35.3 Å². The van der Waals surface area contributed by atoms with Crippen LogP contribution in [0.5, 0.6) is 0 Å². The smallest absolute Gasteiger partial charge is 0.274 e. The zero-order valence-corrected chi connectivity index (χ0v) is 15.9. The molecule has 3 rings (SSSR count). The number of carbonyl (C=O) groups excluding carboxylic acids is 1. The second kappa shape index (κ2) is 10.0. The number of likely N-dealkylation sites (tertiary alicyclic amines) is 1. The molecule has 1 fully saturated rings. The first-order valence-corrected chi connectivity index (χ1v) is 9.66. The monoisotopic (exact) mass is 368 g/mol. The van der Waals surface area contributed by atoms with E-state index in [4.69, 9.17) is 4.74 Å². The molecule has 0 unspecified atom stereocenters. The van der Waals surface area contributed by atoms with Crippen LogP contribution in [-0.4, -0.2) is 54.4 Å². The first kappa shape index (κ1) is 19.3. The average Bonchev–Trinajstić information content (AvgIpc) is 2.72. The first-order chi connectivity index (χ1) is 13.3. The number of amides is 1. The molecule has 144 valence electrons. The van der Waals surface area contributed by atoms with E-state index in [1.165, 1.54) is 5.56 Å². The maximum atomic E-state index is 12.7. The fourth-order valence-corrected chi connectivity index (χ4v) is 3.42. The second-order valence-corrected chi connectivity index (χ2v) is 7.00. The van der Waals surface area contributed by atoms with E-state index >= 15 is 0 Å². The summed E-state index contributed by atoms with van der Waals surface area (Å²) in [6, 6.07) is 14.1. The molecule has 2 heterocycles. The molecule has 0 bridgehead atoms. The van der Waals surface area contributed by atoms with Gasteiger partial charge in [0.25, 0.3) is 5.91 Å². The lowest BCUT2D eigenvalue weighted by Crippen LogP contribution is -2.39.